The van der Waals surface area contributed by atoms with E-state index >= 15 is 0 Å². The average Bonchev–Trinajstić information content (AvgIpc) is 2.65. The number of fused-ring (bicyclic) bond motifs is 3. The van der Waals surface area contributed by atoms with Crippen LogP contribution in [0.15, 0.2) is 29.4 Å². The van der Waals surface area contributed by atoms with Crippen molar-refractivity contribution in [2.75, 3.05) is 11.9 Å². The second kappa shape index (κ2) is 2.36. The fourth-order valence-electron chi connectivity index (χ4n) is 1.69. The third kappa shape index (κ3) is 0.869. The summed E-state index contributed by atoms with van der Waals surface area (Å²) < 4.78 is 0. The standard InChI is InChI=1S/C10H9N3/c1-2-9-10(13-6-5-12-9)7-3-4-11-8(1)7/h1-4,6,11-12H,5H2. The molecule has 0 atom stereocenters. The molecular weight excluding hydrogens is 162 g/mol. The zero-order valence-electron chi connectivity index (χ0n) is 7.04. The van der Waals surface area contributed by atoms with Crippen molar-refractivity contribution in [3.8, 4) is 0 Å². The lowest BCUT2D eigenvalue weighted by molar-refractivity contribution is 1.35. The number of benzene rings is 1. The van der Waals surface area contributed by atoms with Gasteiger partial charge >= 0.3 is 0 Å². The molecule has 0 aliphatic carbocycles. The van der Waals surface area contributed by atoms with Crippen molar-refractivity contribution >= 4 is 28.5 Å². The minimum absolute atomic E-state index is 0.822. The van der Waals surface area contributed by atoms with Gasteiger partial charge in [0.05, 0.1) is 17.9 Å². The van der Waals surface area contributed by atoms with Crippen molar-refractivity contribution in [1.82, 2.24) is 4.98 Å². The van der Waals surface area contributed by atoms with Crippen LogP contribution in [-0.4, -0.2) is 17.7 Å². The minimum atomic E-state index is 0.822. The monoisotopic (exact) mass is 171 g/mol. The van der Waals surface area contributed by atoms with Crippen molar-refractivity contribution in [2.45, 2.75) is 0 Å². The zero-order chi connectivity index (χ0) is 8.67. The van der Waals surface area contributed by atoms with Gasteiger partial charge in [0.2, 0.25) is 0 Å². The Balaban J connectivity index is 2.43. The highest BCUT2D eigenvalue weighted by Gasteiger charge is 2.08. The Bertz CT molecular complexity index is 482. The van der Waals surface area contributed by atoms with Crippen LogP contribution in [0.2, 0.25) is 0 Å². The summed E-state index contributed by atoms with van der Waals surface area (Å²) in [6.45, 7) is 0.822. The molecule has 2 N–H and O–H groups in total. The molecule has 13 heavy (non-hydrogen) atoms. The van der Waals surface area contributed by atoms with E-state index in [-0.39, 0.29) is 0 Å². The molecule has 0 saturated carbocycles. The lowest BCUT2D eigenvalue weighted by Gasteiger charge is -2.12. The van der Waals surface area contributed by atoms with Crippen LogP contribution in [0, 0.1) is 0 Å². The van der Waals surface area contributed by atoms with E-state index in [0.717, 1.165) is 23.4 Å². The van der Waals surface area contributed by atoms with Crippen molar-refractivity contribution in [2.24, 2.45) is 4.99 Å². The van der Waals surface area contributed by atoms with Gasteiger partial charge in [0.1, 0.15) is 0 Å². The molecule has 0 radical (unpaired) electrons. The van der Waals surface area contributed by atoms with Gasteiger partial charge in [-0.1, -0.05) is 0 Å². The van der Waals surface area contributed by atoms with Crippen molar-refractivity contribution in [3.05, 3.63) is 24.4 Å². The van der Waals surface area contributed by atoms with Gasteiger partial charge in [-0.2, -0.15) is 0 Å². The first-order chi connectivity index (χ1) is 6.45. The molecule has 64 valence electrons. The molecule has 2 aromatic rings. The Morgan fingerprint density at radius 2 is 2.23 bits per heavy atom. The van der Waals surface area contributed by atoms with Crippen LogP contribution in [0.5, 0.6) is 0 Å². The largest absolute Gasteiger partial charge is 0.378 e. The lowest BCUT2D eigenvalue weighted by atomic mass is 10.1. The van der Waals surface area contributed by atoms with E-state index in [0.29, 0.717) is 0 Å². The number of aliphatic imine (C=N–C) groups is 1. The summed E-state index contributed by atoms with van der Waals surface area (Å²) in [4.78, 5) is 7.55. The first-order valence-corrected chi connectivity index (χ1v) is 4.31. The van der Waals surface area contributed by atoms with Gasteiger partial charge in [-0.25, -0.2) is 0 Å². The van der Waals surface area contributed by atoms with Crippen molar-refractivity contribution < 1.29 is 0 Å². The van der Waals surface area contributed by atoms with Crippen LogP contribution in [-0.2, 0) is 0 Å². The number of nitrogens with one attached hydrogen (secondary N) is 2. The molecule has 0 spiro atoms. The predicted molar refractivity (Wildman–Crippen MR) is 54.9 cm³/mol. The molecule has 2 heterocycles. The highest BCUT2D eigenvalue weighted by molar-refractivity contribution is 6.00. The van der Waals surface area contributed by atoms with Crippen molar-refractivity contribution in [1.29, 1.82) is 0 Å². The predicted octanol–water partition coefficient (Wildman–Crippen LogP) is 2.30. The molecule has 0 bridgehead atoms. The fourth-order valence-corrected chi connectivity index (χ4v) is 1.69. The van der Waals surface area contributed by atoms with Crippen LogP contribution in [0.4, 0.5) is 11.4 Å². The van der Waals surface area contributed by atoms with Crippen LogP contribution >= 0.6 is 0 Å². The summed E-state index contributed by atoms with van der Waals surface area (Å²) in [6.07, 6.45) is 3.84. The first-order valence-electron chi connectivity index (χ1n) is 4.31. The molecule has 3 heteroatoms. The first kappa shape index (κ1) is 6.71. The zero-order valence-corrected chi connectivity index (χ0v) is 7.04. The van der Waals surface area contributed by atoms with Gasteiger partial charge in [-0.3, -0.25) is 4.99 Å². The number of rotatable bonds is 0. The third-order valence-electron chi connectivity index (χ3n) is 2.31. The number of H-pyrrole nitrogens is 1. The molecule has 1 aromatic carbocycles. The Morgan fingerprint density at radius 1 is 1.23 bits per heavy atom. The SMILES string of the molecule is C1=Nc2c(ccc3[nH]ccc23)NC1. The van der Waals surface area contributed by atoms with E-state index in [1.807, 2.05) is 12.4 Å². The summed E-state index contributed by atoms with van der Waals surface area (Å²) in [5.41, 5.74) is 3.30. The number of aromatic nitrogens is 1. The van der Waals surface area contributed by atoms with E-state index in [1.54, 1.807) is 0 Å². The van der Waals surface area contributed by atoms with E-state index in [1.165, 1.54) is 5.39 Å². The lowest BCUT2D eigenvalue weighted by Crippen LogP contribution is -2.06. The summed E-state index contributed by atoms with van der Waals surface area (Å²) in [5, 5.41) is 4.46. The third-order valence-corrected chi connectivity index (χ3v) is 2.31. The Hall–Kier alpha value is -1.77. The van der Waals surface area contributed by atoms with Gasteiger partial charge in [0.15, 0.2) is 0 Å². The maximum absolute atomic E-state index is 4.39. The number of hydrogen-bond donors (Lipinski definition) is 2. The molecule has 0 amide bonds. The van der Waals surface area contributed by atoms with Crippen LogP contribution in [0.25, 0.3) is 10.9 Å². The molecule has 1 aliphatic heterocycles. The molecule has 1 aromatic heterocycles. The summed E-state index contributed by atoms with van der Waals surface area (Å²) in [6, 6.07) is 6.19. The minimum Gasteiger partial charge on any atom is -0.378 e. The van der Waals surface area contributed by atoms with E-state index < -0.39 is 0 Å². The fraction of sp³-hybridized carbons (Fsp3) is 0.100. The summed E-state index contributed by atoms with van der Waals surface area (Å²) >= 11 is 0. The molecular formula is C10H9N3. The second-order valence-electron chi connectivity index (χ2n) is 3.09. The van der Waals surface area contributed by atoms with E-state index in [9.17, 15) is 0 Å². The van der Waals surface area contributed by atoms with Gasteiger partial charge < -0.3 is 10.3 Å². The molecule has 3 rings (SSSR count). The Morgan fingerprint density at radius 3 is 3.23 bits per heavy atom. The van der Waals surface area contributed by atoms with Crippen LogP contribution in [0.3, 0.4) is 0 Å². The molecule has 0 fully saturated rings. The van der Waals surface area contributed by atoms with Crippen LogP contribution < -0.4 is 5.32 Å². The molecule has 1 aliphatic rings. The van der Waals surface area contributed by atoms with Crippen molar-refractivity contribution in [3.63, 3.8) is 0 Å². The number of hydrogen-bond acceptors (Lipinski definition) is 2. The Kier molecular flexibility index (Phi) is 1.22. The van der Waals surface area contributed by atoms with Crippen LogP contribution in [0.1, 0.15) is 0 Å². The van der Waals surface area contributed by atoms with Gasteiger partial charge in [0, 0.05) is 23.3 Å². The number of aromatic amines is 1. The topological polar surface area (TPSA) is 40.2 Å². The normalized spacial score (nSPS) is 14.2. The maximum Gasteiger partial charge on any atom is 0.0951 e. The second-order valence-corrected chi connectivity index (χ2v) is 3.09. The highest BCUT2D eigenvalue weighted by Crippen LogP contribution is 2.34. The molecule has 0 saturated heterocycles. The van der Waals surface area contributed by atoms with Gasteiger partial charge in [-0.05, 0) is 18.2 Å². The number of anilines is 1. The average molecular weight is 171 g/mol. The maximum atomic E-state index is 4.39. The van der Waals surface area contributed by atoms with E-state index in [4.69, 9.17) is 0 Å². The summed E-state index contributed by atoms with van der Waals surface area (Å²) in [7, 11) is 0. The number of nitrogens with zero attached hydrogens (tertiary/aromatic N) is 1. The smallest absolute Gasteiger partial charge is 0.0951 e. The molecule has 0 unspecified atom stereocenters. The van der Waals surface area contributed by atoms with Gasteiger partial charge in [0.25, 0.3) is 0 Å². The Labute approximate surface area is 75.5 Å². The quantitative estimate of drug-likeness (QED) is 0.627. The summed E-state index contributed by atoms with van der Waals surface area (Å²) in [5.74, 6) is 0. The molecule has 3 nitrogen and oxygen atoms in total. The van der Waals surface area contributed by atoms with Gasteiger partial charge in [-0.15, -0.1) is 0 Å². The highest BCUT2D eigenvalue weighted by atomic mass is 15.0. The van der Waals surface area contributed by atoms with E-state index in [2.05, 4.69) is 33.5 Å².